The Kier molecular flexibility index (Phi) is 2.51. The van der Waals surface area contributed by atoms with Crippen molar-refractivity contribution in [2.75, 3.05) is 10.6 Å². The molecule has 0 aliphatic carbocycles. The van der Waals surface area contributed by atoms with E-state index in [1.165, 1.54) is 0 Å². The Morgan fingerprint density at radius 2 is 1.67 bits per heavy atom. The van der Waals surface area contributed by atoms with E-state index in [1.807, 2.05) is 55.5 Å². The third kappa shape index (κ3) is 1.65. The smallest absolute Gasteiger partial charge is 0.232 e. The molecule has 2 heterocycles. The van der Waals surface area contributed by atoms with E-state index >= 15 is 0 Å². The highest BCUT2D eigenvalue weighted by Gasteiger charge is 2.24. The van der Waals surface area contributed by atoms with E-state index in [4.69, 9.17) is 0 Å². The van der Waals surface area contributed by atoms with Crippen molar-refractivity contribution in [2.45, 2.75) is 13.3 Å². The van der Waals surface area contributed by atoms with Crippen LogP contribution < -0.4 is 10.6 Å². The maximum Gasteiger partial charge on any atom is 0.232 e. The zero-order chi connectivity index (χ0) is 14.4. The predicted molar refractivity (Wildman–Crippen MR) is 85.9 cm³/mol. The number of anilines is 4. The molecule has 0 fully saturated rings. The summed E-state index contributed by atoms with van der Waals surface area (Å²) < 4.78 is 1.77. The molecule has 2 N–H and O–H groups in total. The fourth-order valence-electron chi connectivity index (χ4n) is 2.87. The molecule has 0 saturated heterocycles. The summed E-state index contributed by atoms with van der Waals surface area (Å²) in [7, 11) is 0. The van der Waals surface area contributed by atoms with Gasteiger partial charge in [-0.15, -0.1) is 0 Å². The van der Waals surface area contributed by atoms with E-state index in [2.05, 4.69) is 10.6 Å². The van der Waals surface area contributed by atoms with E-state index < -0.39 is 0 Å². The fraction of sp³-hybridized carbons (Fsp3) is 0.118. The van der Waals surface area contributed by atoms with E-state index in [9.17, 15) is 4.79 Å². The largest absolute Gasteiger partial charge is 0.350 e. The van der Waals surface area contributed by atoms with Gasteiger partial charge in [0, 0.05) is 11.8 Å². The van der Waals surface area contributed by atoms with Gasteiger partial charge in [0.1, 0.15) is 5.82 Å². The Bertz CT molecular complexity index is 864. The minimum absolute atomic E-state index is 0.0844. The monoisotopic (exact) mass is 277 g/mol. The summed E-state index contributed by atoms with van der Waals surface area (Å²) in [5.41, 5.74) is 3.91. The van der Waals surface area contributed by atoms with E-state index in [0.29, 0.717) is 6.42 Å². The molecule has 0 saturated carbocycles. The minimum Gasteiger partial charge on any atom is -0.350 e. The molecule has 4 heteroatoms. The van der Waals surface area contributed by atoms with Gasteiger partial charge in [-0.2, -0.15) is 0 Å². The van der Waals surface area contributed by atoms with Crippen LogP contribution in [-0.2, 0) is 0 Å². The number of hydrogen-bond donors (Lipinski definition) is 2. The quantitative estimate of drug-likeness (QED) is 0.539. The van der Waals surface area contributed by atoms with E-state index in [0.717, 1.165) is 33.8 Å². The summed E-state index contributed by atoms with van der Waals surface area (Å²) in [6, 6.07) is 16.0. The molecular formula is C17H15N3O. The van der Waals surface area contributed by atoms with Crippen LogP contribution >= 0.6 is 0 Å². The molecule has 0 radical (unpaired) electrons. The average molecular weight is 277 g/mol. The average Bonchev–Trinajstić information content (AvgIpc) is 2.85. The number of nitrogens with zero attached hydrogens (tertiary/aromatic N) is 1. The maximum absolute atomic E-state index is 12.4. The Labute approximate surface area is 122 Å². The van der Waals surface area contributed by atoms with Crippen molar-refractivity contribution in [2.24, 2.45) is 0 Å². The van der Waals surface area contributed by atoms with Gasteiger partial charge in [-0.3, -0.25) is 9.36 Å². The molecule has 4 rings (SSSR count). The molecule has 104 valence electrons. The lowest BCUT2D eigenvalue weighted by Gasteiger charge is -2.21. The highest BCUT2D eigenvalue weighted by Crippen LogP contribution is 2.44. The number of fused-ring (bicyclic) bond motifs is 4. The van der Waals surface area contributed by atoms with Gasteiger partial charge < -0.3 is 10.6 Å². The summed E-state index contributed by atoms with van der Waals surface area (Å²) in [6.45, 7) is 1.88. The Morgan fingerprint density at radius 3 is 2.43 bits per heavy atom. The van der Waals surface area contributed by atoms with Crippen LogP contribution in [0.2, 0.25) is 0 Å². The molecule has 1 aliphatic heterocycles. The number of para-hydroxylation sites is 3. The molecule has 1 aliphatic rings. The van der Waals surface area contributed by atoms with Gasteiger partial charge in [-0.25, -0.2) is 0 Å². The molecule has 0 bridgehead atoms. The lowest BCUT2D eigenvalue weighted by Crippen LogP contribution is -2.14. The van der Waals surface area contributed by atoms with Crippen molar-refractivity contribution in [1.82, 2.24) is 4.57 Å². The summed E-state index contributed by atoms with van der Waals surface area (Å²) in [4.78, 5) is 12.4. The van der Waals surface area contributed by atoms with Crippen LogP contribution in [0.15, 0.2) is 48.5 Å². The summed E-state index contributed by atoms with van der Waals surface area (Å²) >= 11 is 0. The highest BCUT2D eigenvalue weighted by molar-refractivity contribution is 6.11. The standard InChI is InChI=1S/C17H15N3O/c1-2-15(21)20-14-10-6-3-7-11(14)16-17(20)19-13-9-5-4-8-12(13)18-16/h3-10,18-19H,2H2,1H3. The van der Waals surface area contributed by atoms with Crippen molar-refractivity contribution < 1.29 is 4.79 Å². The summed E-state index contributed by atoms with van der Waals surface area (Å²) in [5.74, 6) is 0.905. The van der Waals surface area contributed by atoms with E-state index in [1.54, 1.807) is 4.57 Å². The van der Waals surface area contributed by atoms with Crippen molar-refractivity contribution in [3.05, 3.63) is 48.5 Å². The van der Waals surface area contributed by atoms with Crippen LogP contribution in [0.4, 0.5) is 22.9 Å². The van der Waals surface area contributed by atoms with Crippen LogP contribution in [0, 0.1) is 0 Å². The van der Waals surface area contributed by atoms with Crippen molar-refractivity contribution in [1.29, 1.82) is 0 Å². The molecule has 0 unspecified atom stereocenters. The second-order valence-electron chi connectivity index (χ2n) is 5.12. The molecule has 3 aromatic rings. The first-order valence-corrected chi connectivity index (χ1v) is 7.09. The first kappa shape index (κ1) is 12.0. The fourth-order valence-corrected chi connectivity index (χ4v) is 2.87. The zero-order valence-corrected chi connectivity index (χ0v) is 11.7. The van der Waals surface area contributed by atoms with Crippen LogP contribution in [0.5, 0.6) is 0 Å². The van der Waals surface area contributed by atoms with E-state index in [-0.39, 0.29) is 5.91 Å². The van der Waals surface area contributed by atoms with Gasteiger partial charge in [-0.1, -0.05) is 37.3 Å². The summed E-state index contributed by atoms with van der Waals surface area (Å²) in [6.07, 6.45) is 0.467. The van der Waals surface area contributed by atoms with Gasteiger partial charge in [0.25, 0.3) is 0 Å². The van der Waals surface area contributed by atoms with Gasteiger partial charge in [0.15, 0.2) is 0 Å². The predicted octanol–water partition coefficient (Wildman–Crippen LogP) is 4.49. The molecule has 0 atom stereocenters. The van der Waals surface area contributed by atoms with Gasteiger partial charge in [0.05, 0.1) is 22.6 Å². The third-order valence-corrected chi connectivity index (χ3v) is 3.87. The number of hydrogen-bond acceptors (Lipinski definition) is 3. The Morgan fingerprint density at radius 1 is 1.00 bits per heavy atom. The lowest BCUT2D eigenvalue weighted by molar-refractivity contribution is 0.0916. The number of rotatable bonds is 1. The molecule has 4 nitrogen and oxygen atoms in total. The molecular weight excluding hydrogens is 262 g/mol. The third-order valence-electron chi connectivity index (χ3n) is 3.87. The molecule has 2 aromatic carbocycles. The second kappa shape index (κ2) is 4.38. The summed E-state index contributed by atoms with van der Waals surface area (Å²) in [5, 5.41) is 7.89. The van der Waals surface area contributed by atoms with Crippen LogP contribution in [0.25, 0.3) is 10.9 Å². The second-order valence-corrected chi connectivity index (χ2v) is 5.12. The lowest BCUT2D eigenvalue weighted by atomic mass is 10.2. The van der Waals surface area contributed by atoms with Crippen LogP contribution in [0.1, 0.15) is 18.1 Å². The normalized spacial score (nSPS) is 12.2. The maximum atomic E-state index is 12.4. The molecule has 1 aromatic heterocycles. The number of carbonyl (C=O) groups is 1. The topological polar surface area (TPSA) is 46.1 Å². The van der Waals surface area contributed by atoms with Crippen LogP contribution in [-0.4, -0.2) is 10.5 Å². The van der Waals surface area contributed by atoms with Gasteiger partial charge >= 0.3 is 0 Å². The minimum atomic E-state index is 0.0844. The highest BCUT2D eigenvalue weighted by atomic mass is 16.2. The zero-order valence-electron chi connectivity index (χ0n) is 11.7. The first-order chi connectivity index (χ1) is 10.3. The first-order valence-electron chi connectivity index (χ1n) is 7.09. The molecule has 0 amide bonds. The SMILES string of the molecule is CCC(=O)n1c2c(c3ccccc31)Nc1ccccc1N2. The number of carbonyl (C=O) groups excluding carboxylic acids is 1. The van der Waals surface area contributed by atoms with Crippen LogP contribution in [0.3, 0.4) is 0 Å². The van der Waals surface area contributed by atoms with Crippen molar-refractivity contribution in [3.63, 3.8) is 0 Å². The number of nitrogens with one attached hydrogen (secondary N) is 2. The number of aromatic nitrogens is 1. The molecule has 0 spiro atoms. The Hall–Kier alpha value is -2.75. The van der Waals surface area contributed by atoms with Crippen molar-refractivity contribution in [3.8, 4) is 0 Å². The van der Waals surface area contributed by atoms with Gasteiger partial charge in [0.2, 0.25) is 5.91 Å². The molecule has 21 heavy (non-hydrogen) atoms. The van der Waals surface area contributed by atoms with Crippen molar-refractivity contribution >= 4 is 39.7 Å². The Balaban J connectivity index is 2.02. The number of benzene rings is 2. The van der Waals surface area contributed by atoms with Gasteiger partial charge in [-0.05, 0) is 18.2 Å².